The lowest BCUT2D eigenvalue weighted by Crippen LogP contribution is -2.28. The summed E-state index contributed by atoms with van der Waals surface area (Å²) < 4.78 is 8.52. The maximum absolute atomic E-state index is 11.9. The van der Waals surface area contributed by atoms with E-state index in [0.29, 0.717) is 11.4 Å². The number of hydrogen-bond acceptors (Lipinski definition) is 5. The highest BCUT2D eigenvalue weighted by atomic mass is 16.5. The second-order valence-corrected chi connectivity index (χ2v) is 8.01. The monoisotopic (exact) mass is 420 g/mol. The average molecular weight is 421 g/mol. The van der Waals surface area contributed by atoms with Crippen LogP contribution in [-0.4, -0.2) is 33.1 Å². The predicted octanol–water partition coefficient (Wildman–Crippen LogP) is 3.05. The van der Waals surface area contributed by atoms with Crippen molar-refractivity contribution < 1.29 is 9.53 Å². The van der Waals surface area contributed by atoms with Crippen LogP contribution >= 0.6 is 0 Å². The Bertz CT molecular complexity index is 1160. The molecule has 0 radical (unpaired) electrons. The molecule has 162 valence electrons. The number of ether oxygens (including phenoxy) is 1. The number of fused-ring (bicyclic) bond motifs is 1. The molecule has 4 N–H and O–H groups in total. The Balaban J connectivity index is 1.76. The number of hydrogen-bond donors (Lipinski definition) is 2. The fourth-order valence-electron chi connectivity index (χ4n) is 4.51. The summed E-state index contributed by atoms with van der Waals surface area (Å²) in [5.41, 5.74) is 9.53. The van der Waals surface area contributed by atoms with Crippen molar-refractivity contribution in [2.45, 2.75) is 31.6 Å². The van der Waals surface area contributed by atoms with Gasteiger partial charge in [-0.05, 0) is 43.2 Å². The first-order valence-electron chi connectivity index (χ1n) is 10.4. The Morgan fingerprint density at radius 2 is 2.03 bits per heavy atom. The molecule has 2 heterocycles. The summed E-state index contributed by atoms with van der Waals surface area (Å²) in [7, 11) is 3.44. The van der Waals surface area contributed by atoms with E-state index < -0.39 is 0 Å². The zero-order chi connectivity index (χ0) is 22.1. The van der Waals surface area contributed by atoms with E-state index in [9.17, 15) is 4.79 Å². The van der Waals surface area contributed by atoms with Crippen LogP contribution in [0.3, 0.4) is 0 Å². The average Bonchev–Trinajstić information content (AvgIpc) is 3.33. The highest BCUT2D eigenvalue weighted by Crippen LogP contribution is 2.37. The number of imidazole rings is 1. The molecule has 3 aromatic rings. The maximum Gasteiger partial charge on any atom is 0.308 e. The lowest BCUT2D eigenvalue weighted by atomic mass is 9.81. The number of amidine groups is 1. The van der Waals surface area contributed by atoms with Gasteiger partial charge in [0.25, 0.3) is 0 Å². The van der Waals surface area contributed by atoms with E-state index in [1.165, 1.54) is 13.3 Å². The number of carbonyl (C=O) groups excluding carboxylic acids is 1. The summed E-state index contributed by atoms with van der Waals surface area (Å²) in [5.74, 6) is 7.45. The van der Waals surface area contributed by atoms with Crippen LogP contribution in [0.15, 0.2) is 48.2 Å². The molecule has 0 unspecified atom stereocenters. The third-order valence-corrected chi connectivity index (χ3v) is 6.20. The maximum atomic E-state index is 11.9. The fourth-order valence-corrected chi connectivity index (χ4v) is 4.51. The SMILES string of the molecule is C=CN=C(N)c1c(-c2ccc3ccn(C)c3c2)nc(C2CCC(C(=O)OC)CC2)n1N. The lowest BCUT2D eigenvalue weighted by molar-refractivity contribution is -0.146. The second kappa shape index (κ2) is 8.29. The smallest absolute Gasteiger partial charge is 0.308 e. The van der Waals surface area contributed by atoms with Crippen LogP contribution in [0.25, 0.3) is 22.2 Å². The van der Waals surface area contributed by atoms with Gasteiger partial charge >= 0.3 is 5.97 Å². The van der Waals surface area contributed by atoms with Gasteiger partial charge in [-0.1, -0.05) is 18.7 Å². The van der Waals surface area contributed by atoms with Crippen LogP contribution in [0.5, 0.6) is 0 Å². The number of nitrogen functional groups attached to an aromatic ring is 1. The molecule has 0 saturated heterocycles. The van der Waals surface area contributed by atoms with E-state index in [-0.39, 0.29) is 23.6 Å². The Hall–Kier alpha value is -3.55. The van der Waals surface area contributed by atoms with Gasteiger partial charge in [-0.15, -0.1) is 0 Å². The number of methoxy groups -OCH3 is 1. The third kappa shape index (κ3) is 3.69. The summed E-state index contributed by atoms with van der Waals surface area (Å²) in [6.45, 7) is 3.65. The first-order valence-corrected chi connectivity index (χ1v) is 10.4. The number of benzene rings is 1. The van der Waals surface area contributed by atoms with Crippen molar-refractivity contribution in [3.8, 4) is 11.3 Å². The van der Waals surface area contributed by atoms with E-state index in [2.05, 4.69) is 34.3 Å². The zero-order valence-corrected chi connectivity index (χ0v) is 17.9. The molecule has 31 heavy (non-hydrogen) atoms. The van der Waals surface area contributed by atoms with Crippen molar-refractivity contribution >= 4 is 22.7 Å². The number of nitrogens with two attached hydrogens (primary N) is 2. The van der Waals surface area contributed by atoms with Crippen molar-refractivity contribution in [3.63, 3.8) is 0 Å². The molecular formula is C23H28N6O2. The van der Waals surface area contributed by atoms with Crippen molar-refractivity contribution in [3.05, 3.63) is 54.8 Å². The Morgan fingerprint density at radius 3 is 2.71 bits per heavy atom. The predicted molar refractivity (Wildman–Crippen MR) is 122 cm³/mol. The number of nitrogens with zero attached hydrogens (tertiary/aromatic N) is 4. The molecule has 1 fully saturated rings. The molecule has 0 bridgehead atoms. The van der Waals surface area contributed by atoms with Gasteiger partial charge in [-0.25, -0.2) is 14.7 Å². The van der Waals surface area contributed by atoms with Crippen LogP contribution in [0.1, 0.15) is 43.1 Å². The quantitative estimate of drug-likeness (QED) is 0.285. The Kier molecular flexibility index (Phi) is 5.54. The summed E-state index contributed by atoms with van der Waals surface area (Å²) in [5, 5.41) is 1.15. The van der Waals surface area contributed by atoms with Gasteiger partial charge in [0, 0.05) is 36.4 Å². The molecule has 0 atom stereocenters. The molecule has 8 heteroatoms. The summed E-state index contributed by atoms with van der Waals surface area (Å²) in [6, 6.07) is 8.24. The minimum absolute atomic E-state index is 0.0616. The molecule has 1 aliphatic rings. The molecule has 2 aromatic heterocycles. The van der Waals surface area contributed by atoms with E-state index in [4.69, 9.17) is 21.3 Å². The molecule has 1 saturated carbocycles. The van der Waals surface area contributed by atoms with Gasteiger partial charge in [-0.3, -0.25) is 4.79 Å². The topological polar surface area (TPSA) is 113 Å². The van der Waals surface area contributed by atoms with Crippen molar-refractivity contribution in [1.82, 2.24) is 14.2 Å². The van der Waals surface area contributed by atoms with E-state index >= 15 is 0 Å². The number of aliphatic imine (C=N–C) groups is 1. The van der Waals surface area contributed by atoms with Crippen molar-refractivity contribution in [1.29, 1.82) is 0 Å². The fraction of sp³-hybridized carbons (Fsp3) is 0.348. The van der Waals surface area contributed by atoms with E-state index in [1.54, 1.807) is 4.68 Å². The van der Waals surface area contributed by atoms with E-state index in [1.807, 2.05) is 19.3 Å². The van der Waals surface area contributed by atoms with Crippen molar-refractivity contribution in [2.75, 3.05) is 13.0 Å². The van der Waals surface area contributed by atoms with Gasteiger partial charge in [0.2, 0.25) is 0 Å². The molecule has 1 aromatic carbocycles. The van der Waals surface area contributed by atoms with Gasteiger partial charge in [0.05, 0.1) is 13.0 Å². The van der Waals surface area contributed by atoms with Crippen LogP contribution < -0.4 is 11.6 Å². The lowest BCUT2D eigenvalue weighted by Gasteiger charge is -2.26. The van der Waals surface area contributed by atoms with Crippen LogP contribution in [0.2, 0.25) is 0 Å². The first-order chi connectivity index (χ1) is 14.9. The van der Waals surface area contributed by atoms with E-state index in [0.717, 1.165) is 48.0 Å². The highest BCUT2D eigenvalue weighted by molar-refractivity contribution is 6.02. The van der Waals surface area contributed by atoms with Crippen molar-refractivity contribution in [2.24, 2.45) is 23.7 Å². The Labute approximate surface area is 181 Å². The third-order valence-electron chi connectivity index (χ3n) is 6.20. The molecular weight excluding hydrogens is 392 g/mol. The minimum atomic E-state index is -0.144. The second-order valence-electron chi connectivity index (χ2n) is 8.01. The minimum Gasteiger partial charge on any atom is -0.469 e. The first kappa shape index (κ1) is 20.7. The number of esters is 1. The number of carbonyl (C=O) groups is 1. The number of aryl methyl sites for hydroxylation is 1. The van der Waals surface area contributed by atoms with Gasteiger partial charge < -0.3 is 20.9 Å². The molecule has 0 aliphatic heterocycles. The normalized spacial score (nSPS) is 19.5. The Morgan fingerprint density at radius 1 is 1.29 bits per heavy atom. The molecule has 4 rings (SSSR count). The summed E-state index contributed by atoms with van der Waals surface area (Å²) >= 11 is 0. The number of aromatic nitrogens is 3. The molecule has 0 spiro atoms. The molecule has 1 aliphatic carbocycles. The highest BCUT2D eigenvalue weighted by Gasteiger charge is 2.32. The van der Waals surface area contributed by atoms with Crippen LogP contribution in [-0.2, 0) is 16.6 Å². The standard InChI is InChI=1S/C23H28N6O2/c1-4-26-21(24)20-19(17-10-5-14-11-12-28(2)18(14)13-17)27-22(29(20)25)15-6-8-16(9-7-15)23(30)31-3/h4-5,10-13,15-16H,1,6-9,25H2,2-3H3,(H2,24,26). The largest absolute Gasteiger partial charge is 0.469 e. The zero-order valence-electron chi connectivity index (χ0n) is 17.9. The van der Waals surface area contributed by atoms with Gasteiger partial charge in [-0.2, -0.15) is 0 Å². The molecule has 0 amide bonds. The summed E-state index contributed by atoms with van der Waals surface area (Å²) in [4.78, 5) is 21.0. The van der Waals surface area contributed by atoms with Gasteiger partial charge in [0.1, 0.15) is 17.2 Å². The van der Waals surface area contributed by atoms with Gasteiger partial charge in [0.15, 0.2) is 5.84 Å². The van der Waals surface area contributed by atoms with Crippen LogP contribution in [0, 0.1) is 5.92 Å². The molecule has 8 nitrogen and oxygen atoms in total. The summed E-state index contributed by atoms with van der Waals surface area (Å²) in [6.07, 6.45) is 6.54. The number of rotatable bonds is 5. The van der Waals surface area contributed by atoms with Crippen LogP contribution in [0.4, 0.5) is 0 Å².